The van der Waals surface area contributed by atoms with Crippen LogP contribution in [0.3, 0.4) is 0 Å². The zero-order valence-electron chi connectivity index (χ0n) is 17.4. The number of nitrogens with zero attached hydrogens (tertiary/aromatic N) is 1. The molecule has 0 unspecified atom stereocenters. The fourth-order valence-corrected chi connectivity index (χ4v) is 5.44. The Bertz CT molecular complexity index is 1320. The number of aromatic nitrogens is 2. The van der Waals surface area contributed by atoms with E-state index in [1.807, 2.05) is 12.1 Å². The number of likely N-dealkylation sites (tertiary alicyclic amines) is 1. The Morgan fingerprint density at radius 3 is 2.71 bits per heavy atom. The summed E-state index contributed by atoms with van der Waals surface area (Å²) in [7, 11) is 4.64. The summed E-state index contributed by atoms with van der Waals surface area (Å²) in [5, 5.41) is 0.776. The molecule has 8 heteroatoms. The molecule has 3 aliphatic rings. The van der Waals surface area contributed by atoms with Gasteiger partial charge >= 0.3 is 0 Å². The van der Waals surface area contributed by atoms with Crippen LogP contribution in [0.4, 0.5) is 0 Å². The highest BCUT2D eigenvalue weighted by atomic mass is 16.5. The van der Waals surface area contributed by atoms with Gasteiger partial charge in [0.25, 0.3) is 5.91 Å². The number of hydrogen-bond donors (Lipinski definition) is 2. The summed E-state index contributed by atoms with van der Waals surface area (Å²) in [6.07, 6.45) is 4.40. The minimum Gasteiger partial charge on any atom is -0.493 e. The number of rotatable bonds is 4. The van der Waals surface area contributed by atoms with E-state index in [4.69, 9.17) is 14.2 Å². The number of carbonyl (C=O) groups is 2. The van der Waals surface area contributed by atoms with E-state index in [0.717, 1.165) is 23.1 Å². The highest BCUT2D eigenvalue weighted by Crippen LogP contribution is 2.66. The predicted molar refractivity (Wildman–Crippen MR) is 112 cm³/mol. The minimum atomic E-state index is -0.213. The maximum atomic E-state index is 13.5. The number of aromatic amines is 2. The lowest BCUT2D eigenvalue weighted by molar-refractivity contribution is 0.0806. The summed E-state index contributed by atoms with van der Waals surface area (Å²) in [5.41, 5.74) is 3.34. The average Bonchev–Trinajstić information content (AvgIpc) is 3.16. The minimum absolute atomic E-state index is 0.0845. The third-order valence-corrected chi connectivity index (χ3v) is 6.89. The van der Waals surface area contributed by atoms with Crippen LogP contribution in [0.25, 0.3) is 10.9 Å². The maximum Gasteiger partial charge on any atom is 0.274 e. The molecule has 2 fully saturated rings. The molecule has 1 spiro atoms. The maximum absolute atomic E-state index is 13.5. The largest absolute Gasteiger partial charge is 0.493 e. The van der Waals surface area contributed by atoms with Gasteiger partial charge in [0.1, 0.15) is 5.69 Å². The fraction of sp³-hybridized carbons (Fsp3) is 0.304. The number of ether oxygens (including phenoxy) is 3. The van der Waals surface area contributed by atoms with Crippen LogP contribution in [0, 0.1) is 5.92 Å². The standard InChI is InChI=1S/C23H21N3O5/c1-29-16-7-11-6-14(25-18(11)21(31-3)20(16)30-2)22(28)26-10-12-9-23(12)13-4-5-24-19(13)15(27)8-17(23)26/h4-8,12,24-25H,9-10H2,1-3H3/t12-,23-/m1/s1. The number of nitrogens with one attached hydrogen (secondary N) is 2. The summed E-state index contributed by atoms with van der Waals surface area (Å²) in [6, 6.07) is 5.56. The van der Waals surface area contributed by atoms with E-state index in [1.54, 1.807) is 44.6 Å². The van der Waals surface area contributed by atoms with E-state index in [9.17, 15) is 9.59 Å². The second-order valence-electron chi connectivity index (χ2n) is 8.24. The predicted octanol–water partition coefficient (Wildman–Crippen LogP) is 3.02. The Kier molecular flexibility index (Phi) is 3.47. The van der Waals surface area contributed by atoms with Crippen LogP contribution >= 0.6 is 0 Å². The molecule has 1 saturated carbocycles. The molecule has 0 bridgehead atoms. The summed E-state index contributed by atoms with van der Waals surface area (Å²) in [6.45, 7) is 0.599. The van der Waals surface area contributed by atoms with Crippen molar-refractivity contribution >= 4 is 22.6 Å². The SMILES string of the molecule is COc1cc2cc(C(=O)N3C[C@H]4C[C@@]45C3=CC(=O)c3[nH]ccc35)[nH]c2c(OC)c1OC. The van der Waals surface area contributed by atoms with Gasteiger partial charge in [0.15, 0.2) is 11.5 Å². The first-order valence-corrected chi connectivity index (χ1v) is 10.1. The van der Waals surface area contributed by atoms with Crippen molar-refractivity contribution in [2.45, 2.75) is 11.8 Å². The highest BCUT2D eigenvalue weighted by molar-refractivity contribution is 6.09. The molecule has 3 aromatic rings. The number of fused-ring (bicyclic) bond motifs is 2. The van der Waals surface area contributed by atoms with Crippen LogP contribution in [0.15, 0.2) is 36.2 Å². The summed E-state index contributed by atoms with van der Waals surface area (Å²) >= 11 is 0. The summed E-state index contributed by atoms with van der Waals surface area (Å²) in [4.78, 5) is 34.2. The van der Waals surface area contributed by atoms with E-state index in [0.29, 0.717) is 46.6 Å². The summed E-state index contributed by atoms with van der Waals surface area (Å²) in [5.74, 6) is 1.54. The van der Waals surface area contributed by atoms with Gasteiger partial charge in [0.05, 0.1) is 32.5 Å². The van der Waals surface area contributed by atoms with Crippen molar-refractivity contribution in [3.63, 3.8) is 0 Å². The van der Waals surface area contributed by atoms with Gasteiger partial charge in [-0.3, -0.25) is 9.59 Å². The number of ketones is 1. The highest BCUT2D eigenvalue weighted by Gasteiger charge is 2.67. The number of methoxy groups -OCH3 is 3. The van der Waals surface area contributed by atoms with Crippen molar-refractivity contribution in [3.05, 3.63) is 53.1 Å². The molecule has 0 radical (unpaired) electrons. The Morgan fingerprint density at radius 1 is 1.16 bits per heavy atom. The van der Waals surface area contributed by atoms with Gasteiger partial charge in [-0.25, -0.2) is 0 Å². The van der Waals surface area contributed by atoms with Crippen LogP contribution in [-0.2, 0) is 5.41 Å². The van der Waals surface area contributed by atoms with E-state index >= 15 is 0 Å². The number of amides is 1. The second kappa shape index (κ2) is 5.94. The van der Waals surface area contributed by atoms with Crippen molar-refractivity contribution in [2.75, 3.05) is 27.9 Å². The Balaban J connectivity index is 1.43. The zero-order chi connectivity index (χ0) is 21.5. The molecule has 8 nitrogen and oxygen atoms in total. The number of piperidine rings is 1. The Hall–Kier alpha value is -3.68. The first-order valence-electron chi connectivity index (χ1n) is 10.1. The number of carbonyl (C=O) groups excluding carboxylic acids is 2. The van der Waals surface area contributed by atoms with Gasteiger partial charge < -0.3 is 29.1 Å². The van der Waals surface area contributed by atoms with E-state index in [2.05, 4.69) is 9.97 Å². The van der Waals surface area contributed by atoms with Gasteiger partial charge in [-0.15, -0.1) is 0 Å². The van der Waals surface area contributed by atoms with Crippen LogP contribution in [-0.4, -0.2) is 54.4 Å². The molecule has 2 atom stereocenters. The number of allylic oxidation sites excluding steroid dienone is 2. The molecule has 1 aromatic carbocycles. The quantitative estimate of drug-likeness (QED) is 0.678. The van der Waals surface area contributed by atoms with E-state index in [-0.39, 0.29) is 17.1 Å². The molecule has 31 heavy (non-hydrogen) atoms. The van der Waals surface area contributed by atoms with Crippen molar-refractivity contribution in [2.24, 2.45) is 5.92 Å². The molecule has 1 saturated heterocycles. The Labute approximate surface area is 177 Å². The average molecular weight is 419 g/mol. The van der Waals surface area contributed by atoms with Crippen LogP contribution < -0.4 is 14.2 Å². The molecule has 2 N–H and O–H groups in total. The van der Waals surface area contributed by atoms with Crippen LogP contribution in [0.5, 0.6) is 17.2 Å². The summed E-state index contributed by atoms with van der Waals surface area (Å²) < 4.78 is 16.4. The molecule has 1 aliphatic heterocycles. The lowest BCUT2D eigenvalue weighted by atomic mass is 9.85. The molecule has 1 amide bonds. The molecule has 2 aliphatic carbocycles. The van der Waals surface area contributed by atoms with E-state index in [1.165, 1.54) is 0 Å². The number of benzene rings is 1. The third-order valence-electron chi connectivity index (χ3n) is 6.89. The van der Waals surface area contributed by atoms with Gasteiger partial charge in [0.2, 0.25) is 11.5 Å². The van der Waals surface area contributed by atoms with Gasteiger partial charge in [-0.2, -0.15) is 0 Å². The van der Waals surface area contributed by atoms with E-state index < -0.39 is 0 Å². The fourth-order valence-electron chi connectivity index (χ4n) is 5.44. The normalized spacial score (nSPS) is 23.2. The second-order valence-corrected chi connectivity index (χ2v) is 8.24. The lowest BCUT2D eigenvalue weighted by Gasteiger charge is -2.27. The molecule has 158 valence electrons. The van der Waals surface area contributed by atoms with Crippen LogP contribution in [0.2, 0.25) is 0 Å². The van der Waals surface area contributed by atoms with Gasteiger partial charge in [-0.05, 0) is 36.1 Å². The first kappa shape index (κ1) is 18.1. The molecule has 6 rings (SSSR count). The van der Waals surface area contributed by atoms with Gasteiger partial charge in [-0.1, -0.05) is 0 Å². The smallest absolute Gasteiger partial charge is 0.274 e. The van der Waals surface area contributed by atoms with Crippen LogP contribution in [0.1, 0.15) is 33.0 Å². The van der Waals surface area contributed by atoms with Gasteiger partial charge in [0, 0.05) is 35.3 Å². The third kappa shape index (κ3) is 2.14. The molecular formula is C23H21N3O5. The molecular weight excluding hydrogens is 398 g/mol. The van der Waals surface area contributed by atoms with Crippen molar-refractivity contribution in [1.29, 1.82) is 0 Å². The topological polar surface area (TPSA) is 96.7 Å². The first-order chi connectivity index (χ1) is 15.0. The van der Waals surface area contributed by atoms with Crippen molar-refractivity contribution in [1.82, 2.24) is 14.9 Å². The monoisotopic (exact) mass is 419 g/mol. The zero-order valence-corrected chi connectivity index (χ0v) is 17.4. The number of H-pyrrole nitrogens is 2. The molecule has 3 heterocycles. The number of hydrogen-bond acceptors (Lipinski definition) is 5. The lowest BCUT2D eigenvalue weighted by Crippen LogP contribution is -2.33. The Morgan fingerprint density at radius 2 is 1.97 bits per heavy atom. The van der Waals surface area contributed by atoms with Crippen molar-refractivity contribution < 1.29 is 23.8 Å². The molecule has 2 aromatic heterocycles. The van der Waals surface area contributed by atoms with Crippen molar-refractivity contribution in [3.8, 4) is 17.2 Å².